The molecule has 0 saturated carbocycles. The minimum Gasteiger partial charge on any atom is -0.480 e. The van der Waals surface area contributed by atoms with Crippen molar-refractivity contribution in [1.29, 1.82) is 0 Å². The second-order valence-corrected chi connectivity index (χ2v) is 3.83. The van der Waals surface area contributed by atoms with Crippen LogP contribution in [0.15, 0.2) is 12.4 Å². The molecule has 1 aromatic heterocycles. The highest BCUT2D eigenvalue weighted by Crippen LogP contribution is 1.93. The fourth-order valence-electron chi connectivity index (χ4n) is 1.38. The number of hydrogen-bond acceptors (Lipinski definition) is 4. The third-order valence-electron chi connectivity index (χ3n) is 2.31. The molecule has 106 valence electrons. The number of nitrogens with one attached hydrogen (secondary N) is 2. The van der Waals surface area contributed by atoms with Gasteiger partial charge in [-0.2, -0.15) is 0 Å². The van der Waals surface area contributed by atoms with Crippen LogP contribution < -0.4 is 10.6 Å². The summed E-state index contributed by atoms with van der Waals surface area (Å²) in [6, 6.07) is -0.312. The van der Waals surface area contributed by atoms with E-state index in [1.54, 1.807) is 6.20 Å². The minimum absolute atomic E-state index is 0.166. The van der Waals surface area contributed by atoms with Crippen molar-refractivity contribution in [2.75, 3.05) is 26.3 Å². The molecule has 0 spiro atoms. The van der Waals surface area contributed by atoms with Crippen LogP contribution in [-0.4, -0.2) is 53.0 Å². The number of carbonyl (C=O) groups excluding carboxylic acids is 1. The molecule has 8 heteroatoms. The lowest BCUT2D eigenvalue weighted by molar-refractivity contribution is -0.142. The molecule has 0 radical (unpaired) electrons. The van der Waals surface area contributed by atoms with Crippen LogP contribution in [0.25, 0.3) is 0 Å². The van der Waals surface area contributed by atoms with Crippen molar-refractivity contribution in [3.63, 3.8) is 0 Å². The van der Waals surface area contributed by atoms with Crippen LogP contribution in [0.4, 0.5) is 4.79 Å². The molecule has 0 unspecified atom stereocenters. The summed E-state index contributed by atoms with van der Waals surface area (Å²) in [5, 5.41) is 13.5. The molecule has 0 saturated heterocycles. The van der Waals surface area contributed by atoms with Gasteiger partial charge < -0.3 is 25.0 Å². The van der Waals surface area contributed by atoms with Gasteiger partial charge in [-0.05, 0) is 0 Å². The Kier molecular flexibility index (Phi) is 6.37. The Morgan fingerprint density at radius 1 is 1.42 bits per heavy atom. The number of carbonyl (C=O) groups is 2. The Labute approximate surface area is 110 Å². The Morgan fingerprint density at radius 2 is 2.16 bits per heavy atom. The molecule has 0 bridgehead atoms. The van der Waals surface area contributed by atoms with Crippen LogP contribution in [0.1, 0.15) is 5.82 Å². The number of nitrogens with zero attached hydrogens (tertiary/aromatic N) is 2. The molecule has 8 nitrogen and oxygen atoms in total. The van der Waals surface area contributed by atoms with E-state index in [1.807, 2.05) is 17.8 Å². The maximum Gasteiger partial charge on any atom is 0.329 e. The molecule has 1 heterocycles. The van der Waals surface area contributed by atoms with Gasteiger partial charge in [-0.25, -0.2) is 14.6 Å². The van der Waals surface area contributed by atoms with Crippen LogP contribution in [0.2, 0.25) is 0 Å². The molecule has 0 fully saturated rings. The number of urea groups is 1. The van der Waals surface area contributed by atoms with Crippen LogP contribution in [0.3, 0.4) is 0 Å². The van der Waals surface area contributed by atoms with Gasteiger partial charge in [0, 0.05) is 39.0 Å². The smallest absolute Gasteiger partial charge is 0.329 e. The highest BCUT2D eigenvalue weighted by molar-refractivity contribution is 5.73. The lowest BCUT2D eigenvalue weighted by atomic mass is 10.4. The number of hydrogen-bond donors (Lipinski definition) is 3. The summed E-state index contributed by atoms with van der Waals surface area (Å²) in [7, 11) is 1.89. The van der Waals surface area contributed by atoms with E-state index in [-0.39, 0.29) is 25.8 Å². The molecule has 1 aromatic rings. The van der Waals surface area contributed by atoms with Gasteiger partial charge in [0.25, 0.3) is 0 Å². The second-order valence-electron chi connectivity index (χ2n) is 3.83. The summed E-state index contributed by atoms with van der Waals surface area (Å²) in [5.74, 6) is -0.135. The van der Waals surface area contributed by atoms with Gasteiger partial charge in [0.05, 0.1) is 6.61 Å². The first kappa shape index (κ1) is 15.0. The molecule has 0 aliphatic rings. The quantitative estimate of drug-likeness (QED) is 0.545. The van der Waals surface area contributed by atoms with Gasteiger partial charge in [-0.15, -0.1) is 0 Å². The predicted molar refractivity (Wildman–Crippen MR) is 66.8 cm³/mol. The third kappa shape index (κ3) is 6.41. The topological polar surface area (TPSA) is 105 Å². The number of aliphatic carboxylic acids is 1. The van der Waals surface area contributed by atoms with Crippen molar-refractivity contribution in [2.45, 2.75) is 6.42 Å². The third-order valence-corrected chi connectivity index (χ3v) is 2.31. The maximum atomic E-state index is 11.3. The Hall–Kier alpha value is -2.09. The lowest BCUT2D eigenvalue weighted by Crippen LogP contribution is -2.38. The van der Waals surface area contributed by atoms with Crippen molar-refractivity contribution in [1.82, 2.24) is 20.2 Å². The van der Waals surface area contributed by atoms with Gasteiger partial charge in [-0.1, -0.05) is 0 Å². The number of carboxylic acids is 1. The molecule has 3 N–H and O–H groups in total. The van der Waals surface area contributed by atoms with E-state index in [0.29, 0.717) is 13.0 Å². The van der Waals surface area contributed by atoms with E-state index in [1.165, 1.54) is 0 Å². The van der Waals surface area contributed by atoms with Gasteiger partial charge in [-0.3, -0.25) is 0 Å². The van der Waals surface area contributed by atoms with Crippen LogP contribution in [0.5, 0.6) is 0 Å². The number of amides is 2. The van der Waals surface area contributed by atoms with E-state index < -0.39 is 5.97 Å². The summed E-state index contributed by atoms with van der Waals surface area (Å²) in [4.78, 5) is 25.6. The van der Waals surface area contributed by atoms with E-state index in [0.717, 1.165) is 5.82 Å². The normalized spacial score (nSPS) is 10.2. The number of ether oxygens (including phenoxy) is 1. The Bertz CT molecular complexity index is 419. The number of imidazole rings is 1. The van der Waals surface area contributed by atoms with E-state index in [2.05, 4.69) is 15.6 Å². The summed E-state index contributed by atoms with van der Waals surface area (Å²) in [6.07, 6.45) is 4.19. The van der Waals surface area contributed by atoms with Crippen molar-refractivity contribution in [2.24, 2.45) is 7.05 Å². The first-order valence-corrected chi connectivity index (χ1v) is 5.87. The van der Waals surface area contributed by atoms with Gasteiger partial charge >= 0.3 is 12.0 Å². The first-order chi connectivity index (χ1) is 9.09. The molecule has 2 amide bonds. The van der Waals surface area contributed by atoms with Crippen LogP contribution >= 0.6 is 0 Å². The predicted octanol–water partition coefficient (Wildman–Crippen LogP) is -0.637. The summed E-state index contributed by atoms with van der Waals surface area (Å²) >= 11 is 0. The molecular weight excluding hydrogens is 252 g/mol. The molecule has 0 aliphatic heterocycles. The zero-order valence-electron chi connectivity index (χ0n) is 10.8. The highest BCUT2D eigenvalue weighted by Gasteiger charge is 2.02. The Balaban J connectivity index is 2.02. The van der Waals surface area contributed by atoms with Crippen molar-refractivity contribution >= 4 is 12.0 Å². The summed E-state index contributed by atoms with van der Waals surface area (Å²) < 4.78 is 6.66. The zero-order valence-corrected chi connectivity index (χ0v) is 10.8. The van der Waals surface area contributed by atoms with Gasteiger partial charge in [0.1, 0.15) is 12.4 Å². The van der Waals surface area contributed by atoms with Crippen molar-refractivity contribution < 1.29 is 19.4 Å². The lowest BCUT2D eigenvalue weighted by Gasteiger charge is -2.07. The summed E-state index contributed by atoms with van der Waals surface area (Å²) in [6.45, 7) is 0.551. The van der Waals surface area contributed by atoms with Crippen molar-refractivity contribution in [3.8, 4) is 0 Å². The molecule has 1 rings (SSSR count). The zero-order chi connectivity index (χ0) is 14.1. The standard InChI is InChI=1S/C11H18N4O4/c1-15-6-4-12-9(15)2-3-13-11(18)14-5-7-19-8-10(16)17/h4,6H,2-3,5,7-8H2,1H3,(H,16,17)(H2,13,14,18). The SMILES string of the molecule is Cn1ccnc1CCNC(=O)NCCOCC(=O)O. The second kappa shape index (κ2) is 8.09. The first-order valence-electron chi connectivity index (χ1n) is 5.87. The number of rotatable bonds is 8. The molecular formula is C11H18N4O4. The fourth-order valence-corrected chi connectivity index (χ4v) is 1.38. The molecule has 0 atom stereocenters. The molecule has 19 heavy (non-hydrogen) atoms. The molecule has 0 aromatic carbocycles. The average Bonchev–Trinajstić information content (AvgIpc) is 2.74. The average molecular weight is 270 g/mol. The number of aromatic nitrogens is 2. The fraction of sp³-hybridized carbons (Fsp3) is 0.545. The summed E-state index contributed by atoms with van der Waals surface area (Å²) in [5.41, 5.74) is 0. The van der Waals surface area contributed by atoms with Gasteiger partial charge in [0.2, 0.25) is 0 Å². The highest BCUT2D eigenvalue weighted by atomic mass is 16.5. The largest absolute Gasteiger partial charge is 0.480 e. The van der Waals surface area contributed by atoms with E-state index in [9.17, 15) is 9.59 Å². The number of carboxylic acid groups (broad SMARTS) is 1. The van der Waals surface area contributed by atoms with Crippen LogP contribution in [-0.2, 0) is 23.0 Å². The number of aryl methyl sites for hydroxylation is 1. The van der Waals surface area contributed by atoms with Gasteiger partial charge in [0.15, 0.2) is 0 Å². The van der Waals surface area contributed by atoms with Crippen molar-refractivity contribution in [3.05, 3.63) is 18.2 Å². The van der Waals surface area contributed by atoms with Crippen LogP contribution in [0, 0.1) is 0 Å². The maximum absolute atomic E-state index is 11.3. The molecule has 0 aliphatic carbocycles. The minimum atomic E-state index is -1.03. The monoisotopic (exact) mass is 270 g/mol. The van der Waals surface area contributed by atoms with E-state index in [4.69, 9.17) is 9.84 Å². The van der Waals surface area contributed by atoms with E-state index >= 15 is 0 Å². The Morgan fingerprint density at radius 3 is 2.79 bits per heavy atom.